The fraction of sp³-hybridized carbons (Fsp3) is 0.474. The first-order valence-electron chi connectivity index (χ1n) is 9.12. The minimum Gasteiger partial charge on any atom is -0.339 e. The topological polar surface area (TPSA) is 90.0 Å². The van der Waals surface area contributed by atoms with Crippen LogP contribution in [0.15, 0.2) is 24.3 Å². The molecule has 3 rings (SSSR count). The van der Waals surface area contributed by atoms with Gasteiger partial charge in [0.2, 0.25) is 11.8 Å². The van der Waals surface area contributed by atoms with E-state index in [1.54, 1.807) is 34.1 Å². The van der Waals surface area contributed by atoms with Crippen LogP contribution in [-0.2, 0) is 16.1 Å². The molecule has 0 saturated carbocycles. The van der Waals surface area contributed by atoms with E-state index in [2.05, 4.69) is 5.32 Å². The highest BCUT2D eigenvalue weighted by Gasteiger charge is 2.31. The molecule has 2 fully saturated rings. The van der Waals surface area contributed by atoms with Crippen molar-refractivity contribution < 1.29 is 19.2 Å². The summed E-state index contributed by atoms with van der Waals surface area (Å²) in [6.45, 7) is 5.75. The molecule has 0 aromatic heterocycles. The van der Waals surface area contributed by atoms with Gasteiger partial charge >= 0.3 is 6.03 Å². The number of urea groups is 1. The lowest BCUT2D eigenvalue weighted by Gasteiger charge is -2.36. The predicted octanol–water partition coefficient (Wildman–Crippen LogP) is 0.679. The third-order valence-corrected chi connectivity index (χ3v) is 4.89. The Kier molecular flexibility index (Phi) is 5.43. The second-order valence-electron chi connectivity index (χ2n) is 7.07. The van der Waals surface area contributed by atoms with E-state index in [9.17, 15) is 19.2 Å². The molecule has 1 aromatic rings. The molecule has 2 aliphatic rings. The number of imide groups is 1. The summed E-state index contributed by atoms with van der Waals surface area (Å²) in [5.41, 5.74) is 1.11. The van der Waals surface area contributed by atoms with Crippen LogP contribution in [0.4, 0.5) is 4.79 Å². The van der Waals surface area contributed by atoms with Crippen LogP contribution in [0.1, 0.15) is 29.8 Å². The fourth-order valence-corrected chi connectivity index (χ4v) is 3.32. The monoisotopic (exact) mass is 372 g/mol. The number of nitrogens with one attached hydrogen (secondary N) is 1. The zero-order valence-electron chi connectivity index (χ0n) is 15.6. The van der Waals surface area contributed by atoms with Gasteiger partial charge in [0.05, 0.1) is 13.1 Å². The normalized spacial score (nSPS) is 17.5. The maximum absolute atomic E-state index is 13.0. The summed E-state index contributed by atoms with van der Waals surface area (Å²) in [7, 11) is 0. The molecule has 1 aromatic carbocycles. The number of carbonyl (C=O) groups is 4. The zero-order valence-corrected chi connectivity index (χ0v) is 15.6. The second-order valence-corrected chi connectivity index (χ2v) is 7.07. The molecule has 0 aliphatic carbocycles. The Morgan fingerprint density at radius 3 is 2.26 bits per heavy atom. The van der Waals surface area contributed by atoms with Crippen LogP contribution in [0, 0.1) is 5.92 Å². The smallest absolute Gasteiger partial charge is 0.324 e. The number of piperazine rings is 1. The van der Waals surface area contributed by atoms with Gasteiger partial charge in [-0.15, -0.1) is 0 Å². The SMILES string of the molecule is CC(C)C(=O)N1CCN(C(=O)c2ccccc2CN2C(=O)CNC2=O)CC1. The molecule has 0 atom stereocenters. The van der Waals surface area contributed by atoms with Gasteiger partial charge < -0.3 is 15.1 Å². The standard InChI is InChI=1S/C19H24N4O4/c1-13(2)17(25)21-7-9-22(10-8-21)18(26)15-6-4-3-5-14(15)12-23-16(24)11-20-19(23)27/h3-6,13H,7-12H2,1-2H3,(H,20,27). The van der Waals surface area contributed by atoms with Crippen molar-refractivity contribution >= 4 is 23.8 Å². The number of nitrogens with zero attached hydrogens (tertiary/aromatic N) is 3. The van der Waals surface area contributed by atoms with Crippen molar-refractivity contribution in [1.82, 2.24) is 20.0 Å². The van der Waals surface area contributed by atoms with E-state index in [0.29, 0.717) is 37.3 Å². The summed E-state index contributed by atoms with van der Waals surface area (Å²) < 4.78 is 0. The number of amides is 5. The van der Waals surface area contributed by atoms with Crippen LogP contribution in [0.5, 0.6) is 0 Å². The molecule has 2 saturated heterocycles. The molecule has 2 heterocycles. The van der Waals surface area contributed by atoms with Crippen LogP contribution in [-0.4, -0.2) is 71.2 Å². The van der Waals surface area contributed by atoms with Crippen molar-refractivity contribution in [2.45, 2.75) is 20.4 Å². The van der Waals surface area contributed by atoms with Crippen molar-refractivity contribution in [2.24, 2.45) is 5.92 Å². The van der Waals surface area contributed by atoms with Crippen LogP contribution >= 0.6 is 0 Å². The summed E-state index contributed by atoms with van der Waals surface area (Å²) in [6, 6.07) is 6.57. The summed E-state index contributed by atoms with van der Waals surface area (Å²) in [5, 5.41) is 2.48. The van der Waals surface area contributed by atoms with Gasteiger partial charge in [0, 0.05) is 37.7 Å². The molecular formula is C19H24N4O4. The number of rotatable bonds is 4. The Balaban J connectivity index is 1.70. The van der Waals surface area contributed by atoms with E-state index in [1.165, 1.54) is 0 Å². The van der Waals surface area contributed by atoms with Crippen LogP contribution < -0.4 is 5.32 Å². The van der Waals surface area contributed by atoms with Gasteiger partial charge in [-0.05, 0) is 11.6 Å². The quantitative estimate of drug-likeness (QED) is 0.787. The van der Waals surface area contributed by atoms with E-state index in [-0.39, 0.29) is 36.7 Å². The Labute approximate surface area is 158 Å². The van der Waals surface area contributed by atoms with E-state index >= 15 is 0 Å². The molecule has 8 heteroatoms. The summed E-state index contributed by atoms with van der Waals surface area (Å²) in [6.07, 6.45) is 0. The highest BCUT2D eigenvalue weighted by Crippen LogP contribution is 2.17. The molecule has 0 unspecified atom stereocenters. The van der Waals surface area contributed by atoms with Gasteiger partial charge in [0.1, 0.15) is 0 Å². The van der Waals surface area contributed by atoms with E-state index < -0.39 is 6.03 Å². The number of carbonyl (C=O) groups excluding carboxylic acids is 4. The molecule has 0 radical (unpaired) electrons. The molecule has 27 heavy (non-hydrogen) atoms. The van der Waals surface area contributed by atoms with Crippen LogP contribution in [0.2, 0.25) is 0 Å². The maximum atomic E-state index is 13.0. The number of hydrogen-bond donors (Lipinski definition) is 1. The minimum absolute atomic E-state index is 0.0131. The van der Waals surface area contributed by atoms with Crippen molar-refractivity contribution in [1.29, 1.82) is 0 Å². The van der Waals surface area contributed by atoms with Crippen molar-refractivity contribution in [2.75, 3.05) is 32.7 Å². The Morgan fingerprint density at radius 2 is 1.67 bits per heavy atom. The third-order valence-electron chi connectivity index (χ3n) is 4.89. The van der Waals surface area contributed by atoms with Gasteiger partial charge in [-0.1, -0.05) is 32.0 Å². The van der Waals surface area contributed by atoms with Crippen LogP contribution in [0.25, 0.3) is 0 Å². The van der Waals surface area contributed by atoms with E-state index in [1.807, 2.05) is 13.8 Å². The van der Waals surface area contributed by atoms with Gasteiger partial charge in [-0.3, -0.25) is 19.3 Å². The Morgan fingerprint density at radius 1 is 1.04 bits per heavy atom. The molecular weight excluding hydrogens is 348 g/mol. The van der Waals surface area contributed by atoms with Crippen molar-refractivity contribution in [3.8, 4) is 0 Å². The van der Waals surface area contributed by atoms with Gasteiger partial charge in [0.15, 0.2) is 0 Å². The lowest BCUT2D eigenvalue weighted by Crippen LogP contribution is -2.51. The van der Waals surface area contributed by atoms with Crippen molar-refractivity contribution in [3.05, 3.63) is 35.4 Å². The highest BCUT2D eigenvalue weighted by molar-refractivity contribution is 6.02. The first-order chi connectivity index (χ1) is 12.9. The van der Waals surface area contributed by atoms with Gasteiger partial charge in [-0.2, -0.15) is 0 Å². The molecule has 5 amide bonds. The molecule has 0 spiro atoms. The molecule has 2 aliphatic heterocycles. The molecule has 144 valence electrons. The first kappa shape index (κ1) is 18.9. The highest BCUT2D eigenvalue weighted by atomic mass is 16.2. The van der Waals surface area contributed by atoms with E-state index in [4.69, 9.17) is 0 Å². The minimum atomic E-state index is -0.442. The summed E-state index contributed by atoms with van der Waals surface area (Å²) in [5.74, 6) is -0.407. The first-order valence-corrected chi connectivity index (χ1v) is 9.12. The summed E-state index contributed by atoms with van der Waals surface area (Å²) in [4.78, 5) is 53.3. The lowest BCUT2D eigenvalue weighted by molar-refractivity contribution is -0.135. The average Bonchev–Trinajstić information content (AvgIpc) is 2.99. The van der Waals surface area contributed by atoms with Gasteiger partial charge in [0.25, 0.3) is 5.91 Å². The number of benzene rings is 1. The lowest BCUT2D eigenvalue weighted by atomic mass is 10.0. The fourth-order valence-electron chi connectivity index (χ4n) is 3.32. The summed E-state index contributed by atoms with van der Waals surface area (Å²) >= 11 is 0. The Hall–Kier alpha value is -2.90. The molecule has 0 bridgehead atoms. The molecule has 8 nitrogen and oxygen atoms in total. The average molecular weight is 372 g/mol. The zero-order chi connectivity index (χ0) is 19.6. The van der Waals surface area contributed by atoms with Gasteiger partial charge in [-0.25, -0.2) is 4.79 Å². The third kappa shape index (κ3) is 3.94. The van der Waals surface area contributed by atoms with Crippen molar-refractivity contribution in [3.63, 3.8) is 0 Å². The molecule has 1 N–H and O–H groups in total. The Bertz CT molecular complexity index is 753. The second kappa shape index (κ2) is 7.77. The van der Waals surface area contributed by atoms with E-state index in [0.717, 1.165) is 4.90 Å². The predicted molar refractivity (Wildman–Crippen MR) is 97.7 cm³/mol. The maximum Gasteiger partial charge on any atom is 0.324 e. The van der Waals surface area contributed by atoms with Crippen LogP contribution in [0.3, 0.4) is 0 Å². The largest absolute Gasteiger partial charge is 0.339 e. The number of hydrogen-bond acceptors (Lipinski definition) is 4.